The average Bonchev–Trinajstić information content (AvgIpc) is 1.57. The lowest BCUT2D eigenvalue weighted by molar-refractivity contribution is -0.141. The van der Waals surface area contributed by atoms with E-state index < -0.39 is 11.6 Å². The van der Waals surface area contributed by atoms with Gasteiger partial charge in [-0.25, -0.2) is 0 Å². The molecule has 0 heterocycles. The molecule has 0 aliphatic rings. The molecule has 0 amide bonds. The number of carboxylic acids is 1. The Kier molecular flexibility index (Phi) is 8.28. The second-order valence-electron chi connectivity index (χ2n) is 2.48. The average molecular weight is 203 g/mol. The minimum atomic E-state index is -1.08. The van der Waals surface area contributed by atoms with Crippen molar-refractivity contribution in [1.29, 1.82) is 0 Å². The van der Waals surface area contributed by atoms with Gasteiger partial charge in [0.2, 0.25) is 0 Å². The molecule has 0 bridgehead atoms. The third kappa shape index (κ3) is 25.6. The van der Waals surface area contributed by atoms with Crippen LogP contribution in [0.5, 0.6) is 0 Å². The summed E-state index contributed by atoms with van der Waals surface area (Å²) >= 11 is 9.53. The van der Waals surface area contributed by atoms with Gasteiger partial charge in [0.05, 0.1) is 17.4 Å². The molecule has 3 nitrogen and oxygen atoms in total. The topological polar surface area (TPSA) is 57.5 Å². The van der Waals surface area contributed by atoms with Crippen LogP contribution in [0, 0.1) is 0 Å². The Balaban J connectivity index is 0. The number of hydrogen-bond acceptors (Lipinski definition) is 2. The Morgan fingerprint density at radius 3 is 1.73 bits per heavy atom. The predicted molar refractivity (Wildman–Crippen MR) is 45.1 cm³/mol. The van der Waals surface area contributed by atoms with Crippen LogP contribution in [-0.4, -0.2) is 27.1 Å². The fourth-order valence-electron chi connectivity index (χ4n) is 0.370. The second kappa shape index (κ2) is 6.70. The maximum absolute atomic E-state index is 9.85. The van der Waals surface area contributed by atoms with Crippen LogP contribution in [0.3, 0.4) is 0 Å². The normalized spacial score (nSPS) is 9.91. The molecule has 5 heteroatoms. The maximum Gasteiger partial charge on any atom is 0.306 e. The zero-order valence-electron chi connectivity index (χ0n) is 6.47. The first-order valence-corrected chi connectivity index (χ1v) is 3.96. The SMILES string of the molecule is CC(C)(O)CC(=O)O.ClCCl. The molecule has 0 aromatic carbocycles. The van der Waals surface area contributed by atoms with Crippen molar-refractivity contribution in [3.8, 4) is 0 Å². The van der Waals surface area contributed by atoms with E-state index in [4.69, 9.17) is 33.4 Å². The Morgan fingerprint density at radius 1 is 1.45 bits per heavy atom. The van der Waals surface area contributed by atoms with E-state index in [1.807, 2.05) is 0 Å². The Labute approximate surface area is 75.9 Å². The van der Waals surface area contributed by atoms with Crippen molar-refractivity contribution in [1.82, 2.24) is 0 Å². The van der Waals surface area contributed by atoms with Gasteiger partial charge in [0.25, 0.3) is 0 Å². The molecular weight excluding hydrogens is 191 g/mol. The first kappa shape index (κ1) is 13.6. The molecule has 0 aliphatic heterocycles. The molecule has 0 aliphatic carbocycles. The van der Waals surface area contributed by atoms with Gasteiger partial charge in [-0.2, -0.15) is 0 Å². The highest BCUT2D eigenvalue weighted by molar-refractivity contribution is 6.40. The van der Waals surface area contributed by atoms with Gasteiger partial charge >= 0.3 is 5.97 Å². The third-order valence-corrected chi connectivity index (χ3v) is 0.584. The molecule has 68 valence electrons. The van der Waals surface area contributed by atoms with Gasteiger partial charge < -0.3 is 10.2 Å². The number of alkyl halides is 2. The highest BCUT2D eigenvalue weighted by atomic mass is 35.5. The van der Waals surface area contributed by atoms with Crippen LogP contribution in [0.4, 0.5) is 0 Å². The molecule has 0 unspecified atom stereocenters. The van der Waals surface area contributed by atoms with Crippen molar-refractivity contribution >= 4 is 29.2 Å². The summed E-state index contributed by atoms with van der Waals surface area (Å²) in [5.41, 5.74) is -1.08. The van der Waals surface area contributed by atoms with Crippen molar-refractivity contribution in [2.24, 2.45) is 0 Å². The minimum Gasteiger partial charge on any atom is -0.481 e. The summed E-state index contributed by atoms with van der Waals surface area (Å²) < 4.78 is 0. The van der Waals surface area contributed by atoms with Crippen molar-refractivity contribution in [3.63, 3.8) is 0 Å². The van der Waals surface area contributed by atoms with Crippen LogP contribution in [0.1, 0.15) is 20.3 Å². The fraction of sp³-hybridized carbons (Fsp3) is 0.833. The molecule has 0 aromatic rings. The molecule has 11 heavy (non-hydrogen) atoms. The molecule has 0 fully saturated rings. The van der Waals surface area contributed by atoms with Gasteiger partial charge in [0.1, 0.15) is 0 Å². The van der Waals surface area contributed by atoms with Crippen molar-refractivity contribution in [2.45, 2.75) is 25.9 Å². The van der Waals surface area contributed by atoms with Gasteiger partial charge in [-0.15, -0.1) is 23.2 Å². The third-order valence-electron chi connectivity index (χ3n) is 0.584. The lowest BCUT2D eigenvalue weighted by Crippen LogP contribution is -2.22. The summed E-state index contributed by atoms with van der Waals surface area (Å²) in [5, 5.41) is 17.1. The Hall–Kier alpha value is 0.01000. The summed E-state index contributed by atoms with van der Waals surface area (Å²) in [5.74, 6) is -0.975. The van der Waals surface area contributed by atoms with E-state index in [1.165, 1.54) is 13.8 Å². The zero-order valence-corrected chi connectivity index (χ0v) is 7.98. The lowest BCUT2D eigenvalue weighted by atomic mass is 10.1. The molecule has 0 aromatic heterocycles. The van der Waals surface area contributed by atoms with Gasteiger partial charge in [-0.3, -0.25) is 4.79 Å². The number of aliphatic carboxylic acids is 1. The van der Waals surface area contributed by atoms with Crippen LogP contribution < -0.4 is 0 Å². The second-order valence-corrected chi connectivity index (χ2v) is 3.29. The number of rotatable bonds is 2. The molecule has 0 spiro atoms. The monoisotopic (exact) mass is 202 g/mol. The van der Waals surface area contributed by atoms with Crippen molar-refractivity contribution < 1.29 is 15.0 Å². The highest BCUT2D eigenvalue weighted by Crippen LogP contribution is 2.05. The summed E-state index contributed by atoms with van der Waals surface area (Å²) in [6, 6.07) is 0. The van der Waals surface area contributed by atoms with Crippen LogP contribution in [-0.2, 0) is 4.79 Å². The van der Waals surface area contributed by atoms with Gasteiger partial charge in [0.15, 0.2) is 0 Å². The van der Waals surface area contributed by atoms with Crippen LogP contribution in [0.2, 0.25) is 0 Å². The molecule has 0 saturated heterocycles. The summed E-state index contributed by atoms with van der Waals surface area (Å²) in [6.07, 6.45) is -0.201. The van der Waals surface area contributed by atoms with Crippen molar-refractivity contribution in [3.05, 3.63) is 0 Å². The molecule has 0 atom stereocenters. The van der Waals surface area contributed by atoms with E-state index in [1.54, 1.807) is 0 Å². The first-order valence-electron chi connectivity index (χ1n) is 2.89. The summed E-state index contributed by atoms with van der Waals surface area (Å²) in [4.78, 5) is 9.85. The van der Waals surface area contributed by atoms with E-state index in [-0.39, 0.29) is 11.8 Å². The van der Waals surface area contributed by atoms with Gasteiger partial charge in [0, 0.05) is 0 Å². The van der Waals surface area contributed by atoms with E-state index in [0.29, 0.717) is 0 Å². The minimum absolute atomic E-state index is 0.194. The number of aliphatic hydroxyl groups is 1. The number of carboxylic acid groups (broad SMARTS) is 1. The standard InChI is InChI=1S/C5H10O3.CH2Cl2/c1-5(2,8)3-4(6)7;2-1-3/h8H,3H2,1-2H3,(H,6,7);1H2. The lowest BCUT2D eigenvalue weighted by Gasteiger charge is -2.12. The Morgan fingerprint density at radius 2 is 1.73 bits per heavy atom. The fourth-order valence-corrected chi connectivity index (χ4v) is 0.370. The van der Waals surface area contributed by atoms with Crippen molar-refractivity contribution in [2.75, 3.05) is 5.34 Å². The largest absolute Gasteiger partial charge is 0.481 e. The highest BCUT2D eigenvalue weighted by Gasteiger charge is 2.16. The Bertz CT molecular complexity index is 109. The predicted octanol–water partition coefficient (Wildman–Crippen LogP) is 1.65. The maximum atomic E-state index is 9.85. The first-order chi connectivity index (χ1) is 4.83. The number of halogens is 2. The molecule has 0 saturated carbocycles. The smallest absolute Gasteiger partial charge is 0.306 e. The quantitative estimate of drug-likeness (QED) is 0.671. The zero-order chi connectivity index (χ0) is 9.49. The number of hydrogen-bond donors (Lipinski definition) is 2. The molecular formula is C6H12Cl2O3. The van der Waals surface area contributed by atoms with Gasteiger partial charge in [-0.1, -0.05) is 0 Å². The van der Waals surface area contributed by atoms with Crippen LogP contribution in [0.25, 0.3) is 0 Å². The van der Waals surface area contributed by atoms with E-state index in [0.717, 1.165) is 0 Å². The molecule has 0 radical (unpaired) electrons. The summed E-state index contributed by atoms with van der Waals surface area (Å²) in [7, 11) is 0. The van der Waals surface area contributed by atoms with Crippen LogP contribution >= 0.6 is 23.2 Å². The molecule has 2 N–H and O–H groups in total. The summed E-state index contributed by atoms with van der Waals surface area (Å²) in [6.45, 7) is 2.92. The van der Waals surface area contributed by atoms with E-state index in [2.05, 4.69) is 0 Å². The van der Waals surface area contributed by atoms with E-state index >= 15 is 0 Å². The number of carbonyl (C=O) groups is 1. The van der Waals surface area contributed by atoms with Crippen LogP contribution in [0.15, 0.2) is 0 Å². The molecule has 0 rings (SSSR count). The van der Waals surface area contributed by atoms with E-state index in [9.17, 15) is 4.79 Å². The van der Waals surface area contributed by atoms with Gasteiger partial charge in [-0.05, 0) is 13.8 Å².